The van der Waals surface area contributed by atoms with E-state index in [0.29, 0.717) is 30.9 Å². The number of aromatic nitrogens is 5. The molecule has 3 aromatic heterocycles. The van der Waals surface area contributed by atoms with Gasteiger partial charge < -0.3 is 4.74 Å². The molecule has 3 aliphatic rings. The Morgan fingerprint density at radius 1 is 1.00 bits per heavy atom. The second-order valence-electron chi connectivity index (χ2n) is 11.4. The number of aryl methyl sites for hydroxylation is 1. The molecule has 1 unspecified atom stereocenters. The van der Waals surface area contributed by atoms with E-state index in [1.165, 1.54) is 4.68 Å². The molecular formula is C34H25N7O5S. The van der Waals surface area contributed by atoms with Gasteiger partial charge in [0.15, 0.2) is 5.82 Å². The van der Waals surface area contributed by atoms with Crippen molar-refractivity contribution in [1.29, 1.82) is 0 Å². The summed E-state index contributed by atoms with van der Waals surface area (Å²) in [6, 6.07) is 14.0. The van der Waals surface area contributed by atoms with Crippen molar-refractivity contribution >= 4 is 35.0 Å². The molecule has 3 aliphatic heterocycles. The first-order chi connectivity index (χ1) is 22.9. The highest BCUT2D eigenvalue weighted by atomic mass is 32.1. The predicted octanol–water partition coefficient (Wildman–Crippen LogP) is 3.24. The number of nitrogens with zero attached hydrogens (tertiary/aromatic N) is 6. The molecule has 4 amide bonds. The highest BCUT2D eigenvalue weighted by Crippen LogP contribution is 2.37. The minimum Gasteiger partial charge on any atom is -0.369 e. The number of fused-ring (bicyclic) bond motifs is 4. The minimum absolute atomic E-state index is 0.0468. The number of rotatable bonds is 4. The summed E-state index contributed by atoms with van der Waals surface area (Å²) in [5.74, 6) is 5.87. The summed E-state index contributed by atoms with van der Waals surface area (Å²) in [5, 5.41) is 16.3. The summed E-state index contributed by atoms with van der Waals surface area (Å²) in [5.41, 5.74) is 4.61. The first-order valence-corrected chi connectivity index (χ1v) is 15.8. The largest absolute Gasteiger partial charge is 0.369 e. The molecule has 2 aromatic carbocycles. The standard InChI is InChI=1S/C34H25N7O5S/c1-19-37-38-28-18-46-17-24-23(14-20-6-3-2-4-7-20)27(47-34(24)40(19)28)12-10-21-15-35-39(16-21)25-9-5-8-22-30(25)33(45)41(32(22)44)26-11-13-29(42)36-31(26)43/h2-9,15-16,26H,11,13-14,17-18H2,1H3,(H,36,42,43). The van der Waals surface area contributed by atoms with Crippen LogP contribution in [-0.4, -0.2) is 59.1 Å². The van der Waals surface area contributed by atoms with Gasteiger partial charge in [0.2, 0.25) is 11.8 Å². The molecule has 0 aliphatic carbocycles. The molecule has 5 aromatic rings. The highest BCUT2D eigenvalue weighted by Gasteiger charge is 2.45. The van der Waals surface area contributed by atoms with Crippen molar-refractivity contribution in [3.05, 3.63) is 111 Å². The Morgan fingerprint density at radius 3 is 2.68 bits per heavy atom. The Bertz CT molecular complexity index is 2200. The number of piperidine rings is 1. The second kappa shape index (κ2) is 11.3. The number of amides is 4. The maximum Gasteiger partial charge on any atom is 0.264 e. The van der Waals surface area contributed by atoms with Gasteiger partial charge in [0.05, 0.1) is 40.1 Å². The summed E-state index contributed by atoms with van der Waals surface area (Å²) >= 11 is 1.57. The quantitative estimate of drug-likeness (QED) is 0.233. The van der Waals surface area contributed by atoms with Gasteiger partial charge in [-0.05, 0) is 43.0 Å². The van der Waals surface area contributed by atoms with Crippen LogP contribution in [0.15, 0.2) is 60.9 Å². The van der Waals surface area contributed by atoms with Gasteiger partial charge in [-0.1, -0.05) is 48.2 Å². The van der Waals surface area contributed by atoms with Crippen molar-refractivity contribution in [2.45, 2.75) is 45.4 Å². The van der Waals surface area contributed by atoms with Crippen LogP contribution in [-0.2, 0) is 34.0 Å². The summed E-state index contributed by atoms with van der Waals surface area (Å²) in [6.07, 6.45) is 4.11. The average Bonchev–Trinajstić information content (AvgIpc) is 3.80. The summed E-state index contributed by atoms with van der Waals surface area (Å²) in [6.45, 7) is 2.72. The van der Waals surface area contributed by atoms with Crippen LogP contribution in [0.3, 0.4) is 0 Å². The molecule has 232 valence electrons. The minimum atomic E-state index is -1.05. The van der Waals surface area contributed by atoms with Crippen LogP contribution in [0.5, 0.6) is 0 Å². The van der Waals surface area contributed by atoms with Gasteiger partial charge >= 0.3 is 0 Å². The number of imide groups is 2. The Hall–Kier alpha value is -5.71. The molecule has 1 fully saturated rings. The summed E-state index contributed by atoms with van der Waals surface area (Å²) in [4.78, 5) is 52.9. The van der Waals surface area contributed by atoms with E-state index in [-0.39, 0.29) is 24.0 Å². The number of hydrogen-bond acceptors (Lipinski definition) is 9. The van der Waals surface area contributed by atoms with Gasteiger partial charge in [0.1, 0.15) is 23.5 Å². The summed E-state index contributed by atoms with van der Waals surface area (Å²) < 4.78 is 9.56. The van der Waals surface area contributed by atoms with Crippen molar-refractivity contribution in [3.63, 3.8) is 0 Å². The highest BCUT2D eigenvalue weighted by molar-refractivity contribution is 7.15. The molecule has 6 heterocycles. The van der Waals surface area contributed by atoms with Gasteiger partial charge in [0, 0.05) is 18.2 Å². The van der Waals surface area contributed by atoms with Crippen LogP contribution >= 0.6 is 11.3 Å². The fraction of sp³-hybridized carbons (Fsp3) is 0.206. The zero-order chi connectivity index (χ0) is 32.2. The molecule has 0 bridgehead atoms. The smallest absolute Gasteiger partial charge is 0.264 e. The fourth-order valence-corrected chi connectivity index (χ4v) is 7.50. The summed E-state index contributed by atoms with van der Waals surface area (Å²) in [7, 11) is 0. The third-order valence-electron chi connectivity index (χ3n) is 8.49. The van der Waals surface area contributed by atoms with Crippen LogP contribution in [0.1, 0.15) is 72.3 Å². The maximum atomic E-state index is 13.6. The van der Waals surface area contributed by atoms with E-state index in [9.17, 15) is 19.2 Å². The lowest BCUT2D eigenvalue weighted by atomic mass is 10.0. The molecule has 0 radical (unpaired) electrons. The Kier molecular flexibility index (Phi) is 6.89. The van der Waals surface area contributed by atoms with Crippen molar-refractivity contribution in [1.82, 2.24) is 34.8 Å². The first-order valence-electron chi connectivity index (χ1n) is 15.0. The van der Waals surface area contributed by atoms with Crippen LogP contribution in [0.2, 0.25) is 0 Å². The molecule has 13 heteroatoms. The lowest BCUT2D eigenvalue weighted by Crippen LogP contribution is -2.54. The fourth-order valence-electron chi connectivity index (χ4n) is 6.25. The third-order valence-corrected chi connectivity index (χ3v) is 9.66. The van der Waals surface area contributed by atoms with E-state index < -0.39 is 29.7 Å². The molecule has 47 heavy (non-hydrogen) atoms. The van der Waals surface area contributed by atoms with Crippen LogP contribution in [0.25, 0.3) is 10.7 Å². The zero-order valence-corrected chi connectivity index (χ0v) is 25.8. The SMILES string of the molecule is Cc1nnc2n1-c1sc(C#Cc3cnn(-c4cccc5c4C(=O)N(C4CCC(=O)NC4=O)C5=O)c3)c(Cc3ccccc3)c1COC2. The van der Waals surface area contributed by atoms with Gasteiger partial charge in [-0.15, -0.1) is 21.5 Å². The molecule has 8 rings (SSSR count). The number of nitrogens with one attached hydrogen (secondary N) is 1. The molecule has 0 spiro atoms. The molecule has 1 N–H and O–H groups in total. The average molecular weight is 644 g/mol. The number of hydrogen-bond donors (Lipinski definition) is 1. The monoisotopic (exact) mass is 643 g/mol. The van der Waals surface area contributed by atoms with Crippen LogP contribution in [0.4, 0.5) is 0 Å². The Balaban J connectivity index is 1.14. The van der Waals surface area contributed by atoms with E-state index in [0.717, 1.165) is 43.1 Å². The van der Waals surface area contributed by atoms with Crippen LogP contribution in [0, 0.1) is 18.8 Å². The van der Waals surface area contributed by atoms with Crippen molar-refractivity contribution in [2.75, 3.05) is 0 Å². The number of thiophene rings is 1. The normalized spacial score (nSPS) is 17.0. The molecule has 1 saturated heterocycles. The lowest BCUT2D eigenvalue weighted by molar-refractivity contribution is -0.136. The van der Waals surface area contributed by atoms with Crippen molar-refractivity contribution < 1.29 is 23.9 Å². The Labute approximate surface area is 272 Å². The topological polar surface area (TPSA) is 141 Å². The molecule has 0 saturated carbocycles. The first kappa shape index (κ1) is 28.7. The van der Waals surface area contributed by atoms with E-state index in [2.05, 4.69) is 44.6 Å². The van der Waals surface area contributed by atoms with Gasteiger partial charge in [-0.25, -0.2) is 4.68 Å². The van der Waals surface area contributed by atoms with E-state index in [4.69, 9.17) is 4.74 Å². The van der Waals surface area contributed by atoms with Crippen molar-refractivity contribution in [3.8, 4) is 22.5 Å². The second-order valence-corrected chi connectivity index (χ2v) is 12.4. The molecular weight excluding hydrogens is 618 g/mol. The maximum absolute atomic E-state index is 13.6. The van der Waals surface area contributed by atoms with Gasteiger partial charge in [0.25, 0.3) is 11.8 Å². The lowest BCUT2D eigenvalue weighted by Gasteiger charge is -2.27. The van der Waals surface area contributed by atoms with E-state index >= 15 is 0 Å². The van der Waals surface area contributed by atoms with Gasteiger partial charge in [-0.2, -0.15) is 5.10 Å². The molecule has 1 atom stereocenters. The van der Waals surface area contributed by atoms with Crippen molar-refractivity contribution in [2.24, 2.45) is 0 Å². The number of benzene rings is 2. The predicted molar refractivity (Wildman–Crippen MR) is 168 cm³/mol. The van der Waals surface area contributed by atoms with E-state index in [1.54, 1.807) is 41.9 Å². The van der Waals surface area contributed by atoms with Gasteiger partial charge in [-0.3, -0.25) is 34.0 Å². The third kappa shape index (κ3) is 4.86. The van der Waals surface area contributed by atoms with E-state index in [1.807, 2.05) is 29.7 Å². The molecule has 12 nitrogen and oxygen atoms in total. The van der Waals surface area contributed by atoms with Crippen LogP contribution < -0.4 is 5.32 Å². The Morgan fingerprint density at radius 2 is 1.85 bits per heavy atom. The number of carbonyl (C=O) groups excluding carboxylic acids is 4. The number of carbonyl (C=O) groups is 4. The zero-order valence-electron chi connectivity index (χ0n) is 25.0. The number of ether oxygens (including phenoxy) is 1.